The Labute approximate surface area is 176 Å². The van der Waals surface area contributed by atoms with Crippen LogP contribution in [-0.2, 0) is 14.9 Å². The van der Waals surface area contributed by atoms with Crippen molar-refractivity contribution in [1.29, 1.82) is 0 Å². The van der Waals surface area contributed by atoms with Crippen molar-refractivity contribution in [3.8, 4) is 5.75 Å². The molecular weight excluding hydrogens is 382 g/mol. The predicted molar refractivity (Wildman–Crippen MR) is 116 cm³/mol. The van der Waals surface area contributed by atoms with Crippen molar-refractivity contribution in [2.45, 2.75) is 45.1 Å². The zero-order valence-corrected chi connectivity index (χ0v) is 17.5. The van der Waals surface area contributed by atoms with Crippen molar-refractivity contribution >= 4 is 23.8 Å². The molecule has 7 nitrogen and oxygen atoms in total. The van der Waals surface area contributed by atoms with E-state index in [1.807, 2.05) is 12.1 Å². The van der Waals surface area contributed by atoms with E-state index in [1.54, 1.807) is 37.3 Å². The topological polar surface area (TPSA) is 103 Å². The molecule has 1 amide bonds. The van der Waals surface area contributed by atoms with Crippen LogP contribution in [0.5, 0.6) is 5.75 Å². The molecule has 0 saturated heterocycles. The maximum absolute atomic E-state index is 12.6. The first-order valence-corrected chi connectivity index (χ1v) is 9.94. The second kappa shape index (κ2) is 8.98. The highest BCUT2D eigenvalue weighted by Crippen LogP contribution is 2.42. The lowest BCUT2D eigenvalue weighted by atomic mass is 9.76. The van der Waals surface area contributed by atoms with Crippen LogP contribution in [0.1, 0.15) is 55.1 Å². The van der Waals surface area contributed by atoms with E-state index in [-0.39, 0.29) is 29.8 Å². The van der Waals surface area contributed by atoms with Crippen LogP contribution in [0.25, 0.3) is 0 Å². The highest BCUT2D eigenvalue weighted by atomic mass is 16.5. The van der Waals surface area contributed by atoms with Crippen molar-refractivity contribution < 1.29 is 19.1 Å². The van der Waals surface area contributed by atoms with E-state index in [4.69, 9.17) is 15.3 Å². The summed E-state index contributed by atoms with van der Waals surface area (Å²) in [6.07, 6.45) is 2.19. The smallest absolute Gasteiger partial charge is 0.309 e. The molecule has 0 fully saturated rings. The van der Waals surface area contributed by atoms with Crippen molar-refractivity contribution in [2.75, 3.05) is 11.9 Å². The van der Waals surface area contributed by atoms with E-state index in [0.717, 1.165) is 16.9 Å². The minimum Gasteiger partial charge on any atom is -0.489 e. The average Bonchev–Trinajstić information content (AvgIpc) is 2.69. The molecule has 1 aliphatic heterocycles. The minimum absolute atomic E-state index is 0.207. The van der Waals surface area contributed by atoms with Gasteiger partial charge in [-0.05, 0) is 54.7 Å². The fourth-order valence-electron chi connectivity index (χ4n) is 3.67. The number of esters is 1. The first-order valence-electron chi connectivity index (χ1n) is 9.94. The third-order valence-corrected chi connectivity index (χ3v) is 5.09. The number of ether oxygens (including phenoxy) is 2. The Morgan fingerprint density at radius 2 is 2.00 bits per heavy atom. The summed E-state index contributed by atoms with van der Waals surface area (Å²) in [4.78, 5) is 24.4. The molecule has 1 aliphatic rings. The quantitative estimate of drug-likeness (QED) is 0.328. The number of hydrazone groups is 1. The van der Waals surface area contributed by atoms with Crippen molar-refractivity contribution in [1.82, 2.24) is 0 Å². The van der Waals surface area contributed by atoms with Gasteiger partial charge in [-0.3, -0.25) is 9.59 Å². The number of nitrogens with zero attached hydrogens (tertiary/aromatic N) is 1. The number of carbonyl (C=O) groups is 2. The van der Waals surface area contributed by atoms with Crippen LogP contribution in [0.3, 0.4) is 0 Å². The van der Waals surface area contributed by atoms with Gasteiger partial charge in [0.05, 0.1) is 19.2 Å². The highest BCUT2D eigenvalue weighted by molar-refractivity contribution is 6.04. The Morgan fingerprint density at radius 1 is 1.27 bits per heavy atom. The van der Waals surface area contributed by atoms with E-state index in [0.29, 0.717) is 24.3 Å². The molecule has 3 N–H and O–H groups in total. The van der Waals surface area contributed by atoms with Gasteiger partial charge in [0.2, 0.25) is 0 Å². The fraction of sp³-hybridized carbons (Fsp3) is 0.348. The lowest BCUT2D eigenvalue weighted by Gasteiger charge is -2.37. The first-order chi connectivity index (χ1) is 14.3. The number of benzene rings is 2. The molecule has 0 bridgehead atoms. The van der Waals surface area contributed by atoms with E-state index < -0.39 is 0 Å². The molecule has 0 radical (unpaired) electrons. The number of nitrogens with one attached hydrogen (secondary N) is 1. The standard InChI is InChI=1S/C23H27N3O4/c1-4-29-21(27)12-18-13-23(2,3)19-11-17(9-10-20(19)30-18)26-22(28)16-7-5-15(6-8-16)14-25-24/h5-11,14,18H,4,12-13,24H2,1-3H3,(H,26,28). The van der Waals surface area contributed by atoms with Gasteiger partial charge in [0.15, 0.2) is 0 Å². The summed E-state index contributed by atoms with van der Waals surface area (Å²) in [5.41, 5.74) is 2.82. The second-order valence-electron chi connectivity index (χ2n) is 7.90. The van der Waals surface area contributed by atoms with Gasteiger partial charge >= 0.3 is 5.97 Å². The number of anilines is 1. The van der Waals surface area contributed by atoms with Crippen LogP contribution in [0, 0.1) is 0 Å². The molecule has 30 heavy (non-hydrogen) atoms. The van der Waals surface area contributed by atoms with Crippen LogP contribution in [0.4, 0.5) is 5.69 Å². The lowest BCUT2D eigenvalue weighted by Crippen LogP contribution is -2.36. The SMILES string of the molecule is CCOC(=O)CC1CC(C)(C)c2cc(NC(=O)c3ccc(C=NN)cc3)ccc2O1. The van der Waals surface area contributed by atoms with E-state index in [9.17, 15) is 9.59 Å². The summed E-state index contributed by atoms with van der Waals surface area (Å²) in [6, 6.07) is 12.6. The molecule has 0 spiro atoms. The molecule has 1 unspecified atom stereocenters. The number of rotatable bonds is 6. The Kier molecular flexibility index (Phi) is 6.40. The van der Waals surface area contributed by atoms with Gasteiger partial charge < -0.3 is 20.6 Å². The Balaban J connectivity index is 1.74. The summed E-state index contributed by atoms with van der Waals surface area (Å²) in [7, 11) is 0. The second-order valence-corrected chi connectivity index (χ2v) is 7.90. The Hall–Kier alpha value is -3.35. The van der Waals surface area contributed by atoms with Gasteiger partial charge in [0, 0.05) is 16.8 Å². The molecule has 0 aliphatic carbocycles. The predicted octanol–water partition coefficient (Wildman–Crippen LogP) is 3.61. The Bertz CT molecular complexity index is 951. The van der Waals surface area contributed by atoms with Gasteiger partial charge in [-0.15, -0.1) is 0 Å². The highest BCUT2D eigenvalue weighted by Gasteiger charge is 2.35. The summed E-state index contributed by atoms with van der Waals surface area (Å²) in [5.74, 6) is 5.40. The van der Waals surface area contributed by atoms with Gasteiger partial charge in [-0.25, -0.2) is 0 Å². The van der Waals surface area contributed by atoms with E-state index >= 15 is 0 Å². The van der Waals surface area contributed by atoms with Crippen LogP contribution in [0.2, 0.25) is 0 Å². The zero-order chi connectivity index (χ0) is 21.7. The number of fused-ring (bicyclic) bond motifs is 1. The average molecular weight is 409 g/mol. The number of carbonyl (C=O) groups excluding carboxylic acids is 2. The van der Waals surface area contributed by atoms with Crippen LogP contribution in [-0.4, -0.2) is 30.8 Å². The fourth-order valence-corrected chi connectivity index (χ4v) is 3.67. The van der Waals surface area contributed by atoms with Crippen LogP contribution < -0.4 is 15.9 Å². The third-order valence-electron chi connectivity index (χ3n) is 5.09. The number of hydrogen-bond acceptors (Lipinski definition) is 6. The zero-order valence-electron chi connectivity index (χ0n) is 17.5. The molecule has 7 heteroatoms. The maximum atomic E-state index is 12.6. The molecule has 1 heterocycles. The van der Waals surface area contributed by atoms with Gasteiger partial charge in [-0.2, -0.15) is 5.10 Å². The Morgan fingerprint density at radius 3 is 2.67 bits per heavy atom. The van der Waals surface area contributed by atoms with E-state index in [2.05, 4.69) is 24.3 Å². The lowest BCUT2D eigenvalue weighted by molar-refractivity contribution is -0.145. The van der Waals surface area contributed by atoms with Crippen molar-refractivity contribution in [3.63, 3.8) is 0 Å². The molecule has 158 valence electrons. The largest absolute Gasteiger partial charge is 0.489 e. The van der Waals surface area contributed by atoms with Crippen LogP contribution in [0.15, 0.2) is 47.6 Å². The minimum atomic E-state index is -0.255. The molecular formula is C23H27N3O4. The summed E-state index contributed by atoms with van der Waals surface area (Å²) < 4.78 is 11.1. The molecule has 0 saturated carbocycles. The number of amides is 1. The molecule has 1 atom stereocenters. The first kappa shape index (κ1) is 21.4. The van der Waals surface area contributed by atoms with Gasteiger partial charge in [0.1, 0.15) is 11.9 Å². The third kappa shape index (κ3) is 4.97. The molecule has 2 aromatic carbocycles. The number of hydrogen-bond donors (Lipinski definition) is 2. The molecule has 2 aromatic rings. The summed E-state index contributed by atoms with van der Waals surface area (Å²) in [6.45, 7) is 6.36. The van der Waals surface area contributed by atoms with Crippen LogP contribution >= 0.6 is 0 Å². The van der Waals surface area contributed by atoms with Crippen molar-refractivity contribution in [2.24, 2.45) is 10.9 Å². The van der Waals surface area contributed by atoms with Gasteiger partial charge in [-0.1, -0.05) is 26.0 Å². The summed E-state index contributed by atoms with van der Waals surface area (Å²) in [5, 5.41) is 6.40. The summed E-state index contributed by atoms with van der Waals surface area (Å²) >= 11 is 0. The molecule has 3 rings (SSSR count). The maximum Gasteiger partial charge on any atom is 0.309 e. The van der Waals surface area contributed by atoms with E-state index in [1.165, 1.54) is 6.21 Å². The normalized spacial score (nSPS) is 17.1. The van der Waals surface area contributed by atoms with Gasteiger partial charge in [0.25, 0.3) is 5.91 Å². The van der Waals surface area contributed by atoms with Crippen molar-refractivity contribution in [3.05, 3.63) is 59.2 Å². The molecule has 0 aromatic heterocycles. The number of nitrogens with two attached hydrogens (primary N) is 1. The monoisotopic (exact) mass is 409 g/mol.